The van der Waals surface area contributed by atoms with E-state index >= 15 is 0 Å². The fourth-order valence-corrected chi connectivity index (χ4v) is 3.06. The summed E-state index contributed by atoms with van der Waals surface area (Å²) >= 11 is 0. The van der Waals surface area contributed by atoms with Crippen molar-refractivity contribution in [3.8, 4) is 0 Å². The Hall–Kier alpha value is -2.93. The number of morpholine rings is 1. The summed E-state index contributed by atoms with van der Waals surface area (Å²) in [6.45, 7) is 1.48. The number of H-pyrrole nitrogens is 1. The molecule has 1 fully saturated rings. The van der Waals surface area contributed by atoms with E-state index in [4.69, 9.17) is 4.74 Å². The molecule has 25 heavy (non-hydrogen) atoms. The average molecular weight is 337 g/mol. The van der Waals surface area contributed by atoms with Crippen molar-refractivity contribution >= 4 is 22.6 Å². The zero-order chi connectivity index (χ0) is 17.2. The third-order valence-corrected chi connectivity index (χ3v) is 4.38. The molecule has 7 heteroatoms. The molecule has 128 valence electrons. The van der Waals surface area contributed by atoms with Crippen LogP contribution in [0.25, 0.3) is 10.9 Å². The van der Waals surface area contributed by atoms with Gasteiger partial charge in [-0.1, -0.05) is 24.3 Å². The highest BCUT2D eigenvalue weighted by atomic mass is 16.5. The molecule has 0 saturated carbocycles. The van der Waals surface area contributed by atoms with Gasteiger partial charge in [-0.25, -0.2) is 4.98 Å². The predicted molar refractivity (Wildman–Crippen MR) is 94.5 cm³/mol. The number of ether oxygens (including phenoxy) is 1. The zero-order valence-corrected chi connectivity index (χ0v) is 13.9. The number of nitrogens with zero attached hydrogens (tertiary/aromatic N) is 3. The van der Waals surface area contributed by atoms with Crippen LogP contribution in [0.15, 0.2) is 42.5 Å². The maximum Gasteiger partial charge on any atom is 0.275 e. The maximum absolute atomic E-state index is 12.9. The van der Waals surface area contributed by atoms with Crippen molar-refractivity contribution in [1.82, 2.24) is 20.1 Å². The molecular weight excluding hydrogens is 318 g/mol. The summed E-state index contributed by atoms with van der Waals surface area (Å²) in [6.07, 6.45) is -0.240. The lowest BCUT2D eigenvalue weighted by atomic mass is 10.1. The summed E-state index contributed by atoms with van der Waals surface area (Å²) in [5.41, 5.74) is 2.13. The first-order chi connectivity index (χ1) is 12.3. The van der Waals surface area contributed by atoms with Gasteiger partial charge in [0.1, 0.15) is 11.9 Å². The number of aromatic nitrogens is 3. The van der Waals surface area contributed by atoms with Gasteiger partial charge in [-0.05, 0) is 18.2 Å². The van der Waals surface area contributed by atoms with Gasteiger partial charge >= 0.3 is 0 Å². The van der Waals surface area contributed by atoms with Crippen LogP contribution >= 0.6 is 0 Å². The lowest BCUT2D eigenvalue weighted by molar-refractivity contribution is -0.0247. The largest absolute Gasteiger partial charge is 0.373 e. The van der Waals surface area contributed by atoms with Gasteiger partial charge in [0, 0.05) is 19.0 Å². The normalized spacial score (nSPS) is 17.6. The van der Waals surface area contributed by atoms with Crippen LogP contribution in [0.3, 0.4) is 0 Å². The number of anilines is 1. The molecular formula is C18H19N5O2. The molecule has 0 radical (unpaired) electrons. The number of pyridine rings is 1. The van der Waals surface area contributed by atoms with Crippen LogP contribution in [-0.2, 0) is 4.74 Å². The van der Waals surface area contributed by atoms with Crippen molar-refractivity contribution in [3.05, 3.63) is 53.9 Å². The molecule has 7 nitrogen and oxygen atoms in total. The van der Waals surface area contributed by atoms with Crippen molar-refractivity contribution in [2.24, 2.45) is 0 Å². The highest BCUT2D eigenvalue weighted by Crippen LogP contribution is 2.24. The SMILES string of the molecule is CNc1cccc([C@@H]2CN(C(=O)c3n[nH]c4ccccc34)CCO2)n1. The van der Waals surface area contributed by atoms with Gasteiger partial charge in [0.05, 0.1) is 24.4 Å². The molecule has 3 aromatic rings. The number of fused-ring (bicyclic) bond motifs is 1. The van der Waals surface area contributed by atoms with E-state index in [1.165, 1.54) is 0 Å². The Bertz CT molecular complexity index is 907. The van der Waals surface area contributed by atoms with Crippen LogP contribution in [-0.4, -0.2) is 52.7 Å². The summed E-state index contributed by atoms with van der Waals surface area (Å²) in [6, 6.07) is 13.4. The molecule has 0 aliphatic carbocycles. The van der Waals surface area contributed by atoms with E-state index in [1.54, 1.807) is 4.90 Å². The van der Waals surface area contributed by atoms with Gasteiger partial charge in [-0.2, -0.15) is 5.10 Å². The van der Waals surface area contributed by atoms with Crippen LogP contribution in [0, 0.1) is 0 Å². The fourth-order valence-electron chi connectivity index (χ4n) is 3.06. The van der Waals surface area contributed by atoms with Crippen LogP contribution in [0.4, 0.5) is 5.82 Å². The summed E-state index contributed by atoms with van der Waals surface area (Å²) in [4.78, 5) is 19.2. The highest BCUT2D eigenvalue weighted by Gasteiger charge is 2.29. The molecule has 1 atom stereocenters. The predicted octanol–water partition coefficient (Wildman–Crippen LogP) is 2.21. The van der Waals surface area contributed by atoms with Crippen molar-refractivity contribution in [3.63, 3.8) is 0 Å². The Labute approximate surface area is 145 Å². The third-order valence-electron chi connectivity index (χ3n) is 4.38. The number of carbonyl (C=O) groups excluding carboxylic acids is 1. The second kappa shape index (κ2) is 6.52. The Kier molecular flexibility index (Phi) is 4.07. The number of amides is 1. The van der Waals surface area contributed by atoms with Gasteiger partial charge in [0.2, 0.25) is 0 Å². The average Bonchev–Trinajstić information content (AvgIpc) is 3.11. The van der Waals surface area contributed by atoms with E-state index in [1.807, 2.05) is 49.5 Å². The van der Waals surface area contributed by atoms with Crippen molar-refractivity contribution in [2.45, 2.75) is 6.10 Å². The molecule has 0 unspecified atom stereocenters. The number of aromatic amines is 1. The quantitative estimate of drug-likeness (QED) is 0.766. The lowest BCUT2D eigenvalue weighted by Gasteiger charge is -2.32. The summed E-state index contributed by atoms with van der Waals surface area (Å²) in [7, 11) is 1.83. The smallest absolute Gasteiger partial charge is 0.275 e. The first kappa shape index (κ1) is 15.6. The second-order valence-electron chi connectivity index (χ2n) is 5.93. The Morgan fingerprint density at radius 1 is 1.28 bits per heavy atom. The zero-order valence-electron chi connectivity index (χ0n) is 13.9. The molecule has 4 rings (SSSR count). The Morgan fingerprint density at radius 3 is 3.04 bits per heavy atom. The summed E-state index contributed by atoms with van der Waals surface area (Å²) in [5, 5.41) is 11.0. The topological polar surface area (TPSA) is 83.1 Å². The fraction of sp³-hybridized carbons (Fsp3) is 0.278. The highest BCUT2D eigenvalue weighted by molar-refractivity contribution is 6.04. The van der Waals surface area contributed by atoms with E-state index in [2.05, 4.69) is 20.5 Å². The molecule has 1 saturated heterocycles. The maximum atomic E-state index is 12.9. The molecule has 0 spiro atoms. The first-order valence-corrected chi connectivity index (χ1v) is 8.25. The van der Waals surface area contributed by atoms with E-state index in [0.717, 1.165) is 22.4 Å². The number of nitrogens with one attached hydrogen (secondary N) is 2. The van der Waals surface area contributed by atoms with E-state index < -0.39 is 0 Å². The van der Waals surface area contributed by atoms with E-state index in [9.17, 15) is 4.79 Å². The number of para-hydroxylation sites is 1. The first-order valence-electron chi connectivity index (χ1n) is 8.25. The third kappa shape index (κ3) is 2.94. The minimum absolute atomic E-state index is 0.0875. The second-order valence-corrected chi connectivity index (χ2v) is 5.93. The van der Waals surface area contributed by atoms with Crippen molar-refractivity contribution in [1.29, 1.82) is 0 Å². The van der Waals surface area contributed by atoms with Crippen LogP contribution in [0.2, 0.25) is 0 Å². The van der Waals surface area contributed by atoms with Gasteiger partial charge in [-0.3, -0.25) is 9.89 Å². The molecule has 1 amide bonds. The standard InChI is InChI=1S/C18H19N5O2/c1-19-16-8-4-7-14(20-16)15-11-23(9-10-25-15)18(24)17-12-5-2-3-6-13(12)21-22-17/h2-8,15H,9-11H2,1H3,(H,19,20)(H,21,22)/t15-/m0/s1. The van der Waals surface area contributed by atoms with Gasteiger partial charge in [0.25, 0.3) is 5.91 Å². The molecule has 2 aromatic heterocycles. The lowest BCUT2D eigenvalue weighted by Crippen LogP contribution is -2.42. The number of rotatable bonds is 3. The van der Waals surface area contributed by atoms with E-state index in [-0.39, 0.29) is 12.0 Å². The van der Waals surface area contributed by atoms with E-state index in [0.29, 0.717) is 25.4 Å². The monoisotopic (exact) mass is 337 g/mol. The van der Waals surface area contributed by atoms with Crippen molar-refractivity contribution < 1.29 is 9.53 Å². The van der Waals surface area contributed by atoms with Crippen LogP contribution in [0.1, 0.15) is 22.3 Å². The molecule has 1 aliphatic heterocycles. The summed E-state index contributed by atoms with van der Waals surface area (Å²) < 4.78 is 5.84. The molecule has 1 aromatic carbocycles. The molecule has 1 aliphatic rings. The molecule has 3 heterocycles. The van der Waals surface area contributed by atoms with Crippen molar-refractivity contribution in [2.75, 3.05) is 32.1 Å². The van der Waals surface area contributed by atoms with Crippen LogP contribution in [0.5, 0.6) is 0 Å². The number of benzene rings is 1. The Morgan fingerprint density at radius 2 is 2.16 bits per heavy atom. The van der Waals surface area contributed by atoms with Crippen LogP contribution < -0.4 is 5.32 Å². The van der Waals surface area contributed by atoms with Gasteiger partial charge < -0.3 is 15.0 Å². The molecule has 2 N–H and O–H groups in total. The number of carbonyl (C=O) groups is 1. The number of hydrogen-bond acceptors (Lipinski definition) is 5. The Balaban J connectivity index is 1.57. The minimum Gasteiger partial charge on any atom is -0.373 e. The summed E-state index contributed by atoms with van der Waals surface area (Å²) in [5.74, 6) is 0.693. The number of hydrogen-bond donors (Lipinski definition) is 2. The molecule has 0 bridgehead atoms. The minimum atomic E-state index is -0.240. The van der Waals surface area contributed by atoms with Gasteiger partial charge in [0.15, 0.2) is 5.69 Å². The van der Waals surface area contributed by atoms with Gasteiger partial charge in [-0.15, -0.1) is 0 Å².